The number of rotatable bonds is 6. The van der Waals surface area contributed by atoms with Gasteiger partial charge in [0.2, 0.25) is 0 Å². The number of anilines is 2. The molecule has 0 fully saturated rings. The van der Waals surface area contributed by atoms with Crippen LogP contribution >= 0.6 is 0 Å². The molecule has 0 unspecified atom stereocenters. The van der Waals surface area contributed by atoms with Gasteiger partial charge in [-0.25, -0.2) is 4.79 Å². The first-order chi connectivity index (χ1) is 15.3. The van der Waals surface area contributed by atoms with Gasteiger partial charge in [-0.2, -0.15) is 0 Å². The van der Waals surface area contributed by atoms with Crippen LogP contribution in [0.3, 0.4) is 0 Å². The van der Waals surface area contributed by atoms with Crippen molar-refractivity contribution in [1.29, 1.82) is 0 Å². The van der Waals surface area contributed by atoms with Crippen LogP contribution in [-0.4, -0.2) is 66.0 Å². The van der Waals surface area contributed by atoms with Crippen LogP contribution in [0, 0.1) is 19.8 Å². The second-order valence-corrected chi connectivity index (χ2v) is 8.14. The number of aryl methyl sites for hydroxylation is 2. The number of aliphatic hydroxyl groups excluding tert-OH is 1. The molecular formula is C22H31N5O5. The summed E-state index contributed by atoms with van der Waals surface area (Å²) in [7, 11) is 1.83. The number of aliphatic hydroxyl groups is 1. The van der Waals surface area contributed by atoms with Crippen molar-refractivity contribution in [3.63, 3.8) is 0 Å². The standard InChI is InChI=1S/C22H31N5O5/c1-12-10-27(13(2)11-28)21(29)16-7-6-8-17(20(16)31-18(12)9-23-5)24-22(30)25-19-14(3)26-32-15(19)4/h6-8,12-13,18,23,28H,9-11H2,1-5H3,(H2,24,25,30)/t12-,13-,18-/m0/s1. The number of benzene rings is 1. The quantitative estimate of drug-likeness (QED) is 0.537. The third-order valence-corrected chi connectivity index (χ3v) is 5.62. The molecule has 2 heterocycles. The fraction of sp³-hybridized carbons (Fsp3) is 0.500. The largest absolute Gasteiger partial charge is 0.486 e. The fourth-order valence-corrected chi connectivity index (χ4v) is 3.72. The minimum Gasteiger partial charge on any atom is -0.486 e. The molecule has 4 N–H and O–H groups in total. The monoisotopic (exact) mass is 445 g/mol. The number of ether oxygens (including phenoxy) is 1. The van der Waals surface area contributed by atoms with Crippen LogP contribution in [0.15, 0.2) is 22.7 Å². The van der Waals surface area contributed by atoms with E-state index >= 15 is 0 Å². The molecule has 0 aliphatic carbocycles. The van der Waals surface area contributed by atoms with Gasteiger partial charge in [0, 0.05) is 19.0 Å². The van der Waals surface area contributed by atoms with Gasteiger partial charge >= 0.3 is 6.03 Å². The van der Waals surface area contributed by atoms with E-state index in [4.69, 9.17) is 9.26 Å². The first-order valence-corrected chi connectivity index (χ1v) is 10.6. The molecule has 1 aliphatic rings. The zero-order valence-electron chi connectivity index (χ0n) is 19.1. The molecule has 10 nitrogen and oxygen atoms in total. The van der Waals surface area contributed by atoms with Crippen molar-refractivity contribution >= 4 is 23.3 Å². The summed E-state index contributed by atoms with van der Waals surface area (Å²) in [6.45, 7) is 8.08. The Hall–Kier alpha value is -3.11. The molecule has 1 aromatic heterocycles. The zero-order valence-corrected chi connectivity index (χ0v) is 19.1. The van der Waals surface area contributed by atoms with E-state index in [1.54, 1.807) is 43.9 Å². The molecule has 1 aromatic carbocycles. The Balaban J connectivity index is 1.97. The van der Waals surface area contributed by atoms with Crippen molar-refractivity contribution in [2.75, 3.05) is 37.4 Å². The van der Waals surface area contributed by atoms with Crippen molar-refractivity contribution < 1.29 is 24.0 Å². The summed E-state index contributed by atoms with van der Waals surface area (Å²) >= 11 is 0. The average molecular weight is 446 g/mol. The highest BCUT2D eigenvalue weighted by molar-refractivity contribution is 6.04. The summed E-state index contributed by atoms with van der Waals surface area (Å²) in [6, 6.07) is 4.17. The maximum atomic E-state index is 13.4. The Morgan fingerprint density at radius 1 is 1.34 bits per heavy atom. The number of urea groups is 1. The van der Waals surface area contributed by atoms with Crippen molar-refractivity contribution in [2.24, 2.45) is 5.92 Å². The number of carbonyl (C=O) groups is 2. The minimum absolute atomic E-state index is 0.0160. The summed E-state index contributed by atoms with van der Waals surface area (Å²) in [6.07, 6.45) is -0.256. The number of para-hydroxylation sites is 1. The Morgan fingerprint density at radius 3 is 2.72 bits per heavy atom. The topological polar surface area (TPSA) is 129 Å². The van der Waals surface area contributed by atoms with E-state index in [1.165, 1.54) is 0 Å². The van der Waals surface area contributed by atoms with E-state index in [-0.39, 0.29) is 30.6 Å². The molecule has 0 spiro atoms. The second-order valence-electron chi connectivity index (χ2n) is 8.14. The maximum Gasteiger partial charge on any atom is 0.323 e. The van der Waals surface area contributed by atoms with Gasteiger partial charge in [-0.05, 0) is 40.0 Å². The lowest BCUT2D eigenvalue weighted by atomic mass is 9.99. The number of hydrogen-bond acceptors (Lipinski definition) is 7. The number of aromatic nitrogens is 1. The Labute approximate surface area is 187 Å². The molecule has 32 heavy (non-hydrogen) atoms. The average Bonchev–Trinajstić information content (AvgIpc) is 3.08. The molecule has 3 amide bonds. The molecule has 0 saturated heterocycles. The van der Waals surface area contributed by atoms with Gasteiger partial charge in [0.05, 0.1) is 23.9 Å². The third kappa shape index (κ3) is 4.86. The number of carbonyl (C=O) groups excluding carboxylic acids is 2. The number of hydrogen-bond donors (Lipinski definition) is 4. The van der Waals surface area contributed by atoms with Crippen molar-refractivity contribution in [2.45, 2.75) is 39.8 Å². The normalized spacial score (nSPS) is 19.4. The summed E-state index contributed by atoms with van der Waals surface area (Å²) in [4.78, 5) is 27.7. The lowest BCUT2D eigenvalue weighted by molar-refractivity contribution is 0.0417. The molecule has 10 heteroatoms. The predicted octanol–water partition coefficient (Wildman–Crippen LogP) is 2.37. The van der Waals surface area contributed by atoms with Gasteiger partial charge in [0.25, 0.3) is 5.91 Å². The van der Waals surface area contributed by atoms with Crippen LogP contribution < -0.4 is 20.7 Å². The highest BCUT2D eigenvalue weighted by Crippen LogP contribution is 2.35. The SMILES string of the molecule is CNC[C@@H]1Oc2c(NC(=O)Nc3c(C)noc3C)cccc2C(=O)N([C@@H](C)CO)C[C@@H]1C. The van der Waals surface area contributed by atoms with Gasteiger partial charge in [0.15, 0.2) is 11.5 Å². The molecule has 3 atom stereocenters. The van der Waals surface area contributed by atoms with Crippen LogP contribution in [0.25, 0.3) is 0 Å². The van der Waals surface area contributed by atoms with Gasteiger partial charge in [0.1, 0.15) is 17.5 Å². The summed E-state index contributed by atoms with van der Waals surface area (Å²) in [5.74, 6) is 0.515. The smallest absolute Gasteiger partial charge is 0.323 e. The van der Waals surface area contributed by atoms with Crippen LogP contribution in [-0.2, 0) is 0 Å². The third-order valence-electron chi connectivity index (χ3n) is 5.62. The number of nitrogens with one attached hydrogen (secondary N) is 3. The van der Waals surface area contributed by atoms with Gasteiger partial charge in [-0.15, -0.1) is 0 Å². The Kier molecular flexibility index (Phi) is 7.37. The minimum atomic E-state index is -0.510. The summed E-state index contributed by atoms with van der Waals surface area (Å²) in [5, 5.41) is 22.2. The zero-order chi connectivity index (χ0) is 23.4. The van der Waals surface area contributed by atoms with E-state index in [9.17, 15) is 14.7 Å². The Bertz CT molecular complexity index is 956. The maximum absolute atomic E-state index is 13.4. The summed E-state index contributed by atoms with van der Waals surface area (Å²) in [5.41, 5.74) is 1.74. The first kappa shape index (κ1) is 23.6. The van der Waals surface area contributed by atoms with Crippen molar-refractivity contribution in [3.8, 4) is 5.75 Å². The number of fused-ring (bicyclic) bond motifs is 1. The predicted molar refractivity (Wildman–Crippen MR) is 120 cm³/mol. The van der Waals surface area contributed by atoms with Gasteiger partial charge in [-0.3, -0.25) is 4.79 Å². The van der Waals surface area contributed by atoms with Gasteiger partial charge in [-0.1, -0.05) is 18.1 Å². The molecule has 0 radical (unpaired) electrons. The lowest BCUT2D eigenvalue weighted by Crippen LogP contribution is -2.49. The van der Waals surface area contributed by atoms with Crippen LogP contribution in [0.1, 0.15) is 35.7 Å². The van der Waals surface area contributed by atoms with Crippen LogP contribution in [0.5, 0.6) is 5.75 Å². The lowest BCUT2D eigenvalue weighted by Gasteiger charge is -2.37. The van der Waals surface area contributed by atoms with E-state index in [0.717, 1.165) is 0 Å². The number of likely N-dealkylation sites (N-methyl/N-ethyl adjacent to an activating group) is 1. The molecule has 2 aromatic rings. The van der Waals surface area contributed by atoms with E-state index < -0.39 is 6.03 Å². The molecule has 0 bridgehead atoms. The van der Waals surface area contributed by atoms with Crippen LogP contribution in [0.4, 0.5) is 16.2 Å². The van der Waals surface area contributed by atoms with E-state index in [0.29, 0.717) is 47.2 Å². The number of amides is 3. The van der Waals surface area contributed by atoms with Crippen molar-refractivity contribution in [3.05, 3.63) is 35.2 Å². The summed E-state index contributed by atoms with van der Waals surface area (Å²) < 4.78 is 11.4. The highest BCUT2D eigenvalue weighted by atomic mass is 16.5. The van der Waals surface area contributed by atoms with E-state index in [1.807, 2.05) is 14.0 Å². The Morgan fingerprint density at radius 2 is 2.09 bits per heavy atom. The molecule has 174 valence electrons. The van der Waals surface area contributed by atoms with Gasteiger partial charge < -0.3 is 35.2 Å². The fourth-order valence-electron chi connectivity index (χ4n) is 3.72. The molecule has 3 rings (SSSR count). The number of nitrogens with zero attached hydrogens (tertiary/aromatic N) is 2. The molecule has 1 aliphatic heterocycles. The van der Waals surface area contributed by atoms with Crippen molar-refractivity contribution in [1.82, 2.24) is 15.4 Å². The van der Waals surface area contributed by atoms with Crippen LogP contribution in [0.2, 0.25) is 0 Å². The molecular weight excluding hydrogens is 414 g/mol. The molecule has 0 saturated carbocycles. The highest BCUT2D eigenvalue weighted by Gasteiger charge is 2.34. The van der Waals surface area contributed by atoms with E-state index in [2.05, 4.69) is 21.1 Å². The first-order valence-electron chi connectivity index (χ1n) is 10.6. The second kappa shape index (κ2) is 10.0.